The Morgan fingerprint density at radius 1 is 0.508 bits per heavy atom. The van der Waals surface area contributed by atoms with Crippen molar-refractivity contribution in [3.05, 3.63) is 142 Å². The van der Waals surface area contributed by atoms with Crippen molar-refractivity contribution in [3.8, 4) is 28.0 Å². The lowest BCUT2D eigenvalue weighted by Gasteiger charge is -2.27. The molecular formula is C51H43N3O7S2. The lowest BCUT2D eigenvalue weighted by molar-refractivity contribution is 0.120. The van der Waals surface area contributed by atoms with Crippen LogP contribution in [0.25, 0.3) is 84.5 Å². The molecule has 6 aromatic carbocycles. The largest absolute Gasteiger partial charge is 0.507 e. The van der Waals surface area contributed by atoms with Crippen LogP contribution in [0.1, 0.15) is 7.43 Å². The number of phenolic OH excluding ortho intramolecular Hbond substituents is 1. The van der Waals surface area contributed by atoms with Crippen molar-refractivity contribution in [2.24, 2.45) is 0 Å². The molecule has 0 saturated carbocycles. The van der Waals surface area contributed by atoms with Gasteiger partial charge in [0.05, 0.1) is 37.2 Å². The normalized spacial score (nSPS) is 14.4. The summed E-state index contributed by atoms with van der Waals surface area (Å²) in [4.78, 5) is 30.0. The van der Waals surface area contributed by atoms with Gasteiger partial charge in [-0.25, -0.2) is 0 Å². The van der Waals surface area contributed by atoms with E-state index in [-0.39, 0.29) is 24.0 Å². The number of nitrogens with zero attached hydrogens (tertiary/aromatic N) is 2. The Bertz CT molecular complexity index is 3260. The second-order valence-corrected chi connectivity index (χ2v) is 17.5. The summed E-state index contributed by atoms with van der Waals surface area (Å²) in [6, 6.07) is 38.5. The van der Waals surface area contributed by atoms with Gasteiger partial charge in [-0.15, -0.1) is 22.7 Å². The molecule has 63 heavy (non-hydrogen) atoms. The average Bonchev–Trinajstić information content (AvgIpc) is 3.91. The molecule has 316 valence electrons. The van der Waals surface area contributed by atoms with Crippen LogP contribution >= 0.6 is 22.7 Å². The lowest BCUT2D eigenvalue weighted by atomic mass is 9.99. The molecule has 10 nitrogen and oxygen atoms in total. The standard InChI is InChI=1S/C25H20N2O3S.C25H19NO4S.CH4/c26-19-9-8-16(25-23(19)18-4-1-2-7-21(18)31-25)15-5-3-6-17-20(28)14-22(30-24(15)17)27-10-12-29-13-11-27;27-19-9-8-16(25-23(19)18-4-1-2-7-21(18)31-25)15-5-3-6-17-20(28)14-22(30-24(15)17)26-10-12-29-13-11-26;/h1-9,14H,10-13,26H2;1-9,14,27H,10-13H2;1H4. The summed E-state index contributed by atoms with van der Waals surface area (Å²) in [5.41, 5.74) is 12.0. The van der Waals surface area contributed by atoms with E-state index in [0.717, 1.165) is 63.6 Å². The zero-order valence-electron chi connectivity index (χ0n) is 33.4. The van der Waals surface area contributed by atoms with Crippen LogP contribution in [0.4, 0.5) is 17.5 Å². The molecule has 0 radical (unpaired) electrons. The molecule has 0 aliphatic carbocycles. The molecule has 10 aromatic rings. The van der Waals surface area contributed by atoms with Crippen LogP contribution in [0.2, 0.25) is 0 Å². The molecule has 12 rings (SSSR count). The first-order valence-corrected chi connectivity index (χ1v) is 22.2. The van der Waals surface area contributed by atoms with Crippen molar-refractivity contribution in [1.29, 1.82) is 0 Å². The lowest BCUT2D eigenvalue weighted by Crippen LogP contribution is -2.36. The van der Waals surface area contributed by atoms with E-state index in [0.29, 0.717) is 86.3 Å². The minimum Gasteiger partial charge on any atom is -0.507 e. The molecule has 2 saturated heterocycles. The predicted molar refractivity (Wildman–Crippen MR) is 260 cm³/mol. The molecule has 12 heteroatoms. The van der Waals surface area contributed by atoms with Crippen LogP contribution in [-0.2, 0) is 9.47 Å². The van der Waals surface area contributed by atoms with Gasteiger partial charge in [-0.3, -0.25) is 9.59 Å². The Kier molecular flexibility index (Phi) is 10.6. The van der Waals surface area contributed by atoms with Gasteiger partial charge in [-0.05, 0) is 42.5 Å². The summed E-state index contributed by atoms with van der Waals surface area (Å²) in [5.74, 6) is 1.42. The predicted octanol–water partition coefficient (Wildman–Crippen LogP) is 11.3. The number of phenols is 1. The number of hydrogen-bond donors (Lipinski definition) is 2. The van der Waals surface area contributed by atoms with E-state index in [1.165, 1.54) is 4.70 Å². The monoisotopic (exact) mass is 873 g/mol. The zero-order chi connectivity index (χ0) is 41.9. The molecule has 2 aliphatic rings. The maximum absolute atomic E-state index is 12.9. The molecule has 2 aliphatic heterocycles. The van der Waals surface area contributed by atoms with Crippen molar-refractivity contribution < 1.29 is 23.4 Å². The fraction of sp³-hybridized carbons (Fsp3) is 0.176. The Hall–Kier alpha value is -6.70. The van der Waals surface area contributed by atoms with Gasteiger partial charge in [0.2, 0.25) is 0 Å². The Balaban J connectivity index is 0.000000147. The first-order chi connectivity index (χ1) is 30.4. The van der Waals surface area contributed by atoms with Crippen molar-refractivity contribution in [1.82, 2.24) is 0 Å². The number of aromatic hydroxyl groups is 1. The number of para-hydroxylation sites is 2. The number of thiophene rings is 2. The highest BCUT2D eigenvalue weighted by molar-refractivity contribution is 7.26. The van der Waals surface area contributed by atoms with Crippen molar-refractivity contribution in [2.75, 3.05) is 68.1 Å². The van der Waals surface area contributed by atoms with Gasteiger partial charge in [0.1, 0.15) is 16.9 Å². The van der Waals surface area contributed by atoms with E-state index in [2.05, 4.69) is 23.1 Å². The third-order valence-electron chi connectivity index (χ3n) is 11.8. The summed E-state index contributed by atoms with van der Waals surface area (Å²) in [7, 11) is 0. The number of nitrogen functional groups attached to an aromatic ring is 1. The highest BCUT2D eigenvalue weighted by Crippen LogP contribution is 2.46. The molecule has 0 spiro atoms. The van der Waals surface area contributed by atoms with Crippen LogP contribution in [0.15, 0.2) is 140 Å². The quantitative estimate of drug-likeness (QED) is 0.165. The average molecular weight is 874 g/mol. The van der Waals surface area contributed by atoms with Gasteiger partial charge in [0.15, 0.2) is 22.6 Å². The maximum Gasteiger partial charge on any atom is 0.200 e. The van der Waals surface area contributed by atoms with Crippen molar-refractivity contribution >= 4 is 102 Å². The number of anilines is 3. The number of nitrogens with two attached hydrogens (primary N) is 1. The summed E-state index contributed by atoms with van der Waals surface area (Å²) in [6.45, 7) is 5.28. The summed E-state index contributed by atoms with van der Waals surface area (Å²) in [5, 5.41) is 15.8. The number of rotatable bonds is 4. The third kappa shape index (κ3) is 7.05. The summed E-state index contributed by atoms with van der Waals surface area (Å²) < 4.78 is 28.0. The maximum atomic E-state index is 12.9. The van der Waals surface area contributed by atoms with Crippen LogP contribution < -0.4 is 26.4 Å². The van der Waals surface area contributed by atoms with Gasteiger partial charge in [0, 0.05) is 107 Å². The Morgan fingerprint density at radius 2 is 0.952 bits per heavy atom. The molecule has 2 fully saturated rings. The Labute approximate surface area is 369 Å². The van der Waals surface area contributed by atoms with E-state index in [9.17, 15) is 14.7 Å². The molecule has 0 atom stereocenters. The van der Waals surface area contributed by atoms with E-state index in [1.807, 2.05) is 83.8 Å². The SMILES string of the molecule is C.Nc1ccc(-c2cccc3c(=O)cc(N4CCOCC4)oc23)c2sc3ccccc3c12.O=c1cc(N2CCOCC2)oc2c(-c3ccc(O)c4c3sc3ccccc34)cccc12. The smallest absolute Gasteiger partial charge is 0.200 e. The number of morpholine rings is 2. The van der Waals surface area contributed by atoms with Gasteiger partial charge in [-0.2, -0.15) is 0 Å². The van der Waals surface area contributed by atoms with Crippen molar-refractivity contribution in [2.45, 2.75) is 7.43 Å². The van der Waals surface area contributed by atoms with Gasteiger partial charge < -0.3 is 38.9 Å². The number of fused-ring (bicyclic) bond motifs is 8. The van der Waals surface area contributed by atoms with Crippen LogP contribution in [0, 0.1) is 0 Å². The molecule has 6 heterocycles. The van der Waals surface area contributed by atoms with Crippen LogP contribution in [0.3, 0.4) is 0 Å². The van der Waals surface area contributed by atoms with E-state index in [1.54, 1.807) is 46.9 Å². The third-order valence-corrected chi connectivity index (χ3v) is 14.2. The first kappa shape index (κ1) is 40.4. The van der Waals surface area contributed by atoms with Crippen LogP contribution in [-0.4, -0.2) is 57.7 Å². The second-order valence-electron chi connectivity index (χ2n) is 15.4. The fourth-order valence-electron chi connectivity index (χ4n) is 8.72. The number of hydrogen-bond acceptors (Lipinski definition) is 12. The van der Waals surface area contributed by atoms with Crippen molar-refractivity contribution in [3.63, 3.8) is 0 Å². The minimum absolute atomic E-state index is 0. The molecular weight excluding hydrogens is 831 g/mol. The van der Waals surface area contributed by atoms with Gasteiger partial charge in [0.25, 0.3) is 0 Å². The molecule has 0 amide bonds. The molecule has 4 aromatic heterocycles. The molecule has 0 bridgehead atoms. The topological polar surface area (TPSA) is 132 Å². The minimum atomic E-state index is -0.0593. The fourth-order valence-corrected chi connectivity index (χ4v) is 11.2. The van der Waals surface area contributed by atoms with E-state index in [4.69, 9.17) is 24.0 Å². The Morgan fingerprint density at radius 3 is 1.48 bits per heavy atom. The van der Waals surface area contributed by atoms with E-state index >= 15 is 0 Å². The zero-order valence-corrected chi connectivity index (χ0v) is 35.0. The molecule has 0 unspecified atom stereocenters. The summed E-state index contributed by atoms with van der Waals surface area (Å²) in [6.07, 6.45) is 0. The summed E-state index contributed by atoms with van der Waals surface area (Å²) >= 11 is 3.35. The number of benzene rings is 6. The second kappa shape index (κ2) is 16.5. The van der Waals surface area contributed by atoms with E-state index < -0.39 is 0 Å². The van der Waals surface area contributed by atoms with Crippen LogP contribution in [0.5, 0.6) is 5.75 Å². The molecule has 3 N–H and O–H groups in total. The van der Waals surface area contributed by atoms with Gasteiger partial charge >= 0.3 is 0 Å². The number of ether oxygens (including phenoxy) is 2. The first-order valence-electron chi connectivity index (χ1n) is 20.5. The highest BCUT2D eigenvalue weighted by Gasteiger charge is 2.22. The van der Waals surface area contributed by atoms with Gasteiger partial charge in [-0.1, -0.05) is 74.2 Å². The highest BCUT2D eigenvalue weighted by atomic mass is 32.1.